The molecule has 2 aromatic carbocycles. The van der Waals surface area contributed by atoms with Gasteiger partial charge in [0.05, 0.1) is 24.2 Å². The number of sulfonamides is 1. The number of aryl methyl sites for hydroxylation is 1. The molecule has 0 radical (unpaired) electrons. The summed E-state index contributed by atoms with van der Waals surface area (Å²) in [6.45, 7) is 4.38. The second kappa shape index (κ2) is 10.9. The molecule has 4 rings (SSSR count). The fourth-order valence-corrected chi connectivity index (χ4v) is 6.17. The molecule has 184 valence electrons. The van der Waals surface area contributed by atoms with Crippen molar-refractivity contribution >= 4 is 15.9 Å². The van der Waals surface area contributed by atoms with Gasteiger partial charge in [-0.2, -0.15) is 4.31 Å². The molecule has 2 aliphatic heterocycles. The van der Waals surface area contributed by atoms with Crippen molar-refractivity contribution in [2.75, 3.05) is 39.5 Å². The number of hydrogen-bond donors (Lipinski definition) is 0. The van der Waals surface area contributed by atoms with Crippen LogP contribution in [0, 0.1) is 5.82 Å². The van der Waals surface area contributed by atoms with Gasteiger partial charge in [0, 0.05) is 38.3 Å². The molecular formula is C25H31FN2O5S. The van der Waals surface area contributed by atoms with Gasteiger partial charge in [0.15, 0.2) is 0 Å². The largest absolute Gasteiger partial charge is 0.379 e. The van der Waals surface area contributed by atoms with E-state index >= 15 is 0 Å². The number of carbonyl (C=O) groups is 1. The molecule has 2 aromatic rings. The first-order valence-corrected chi connectivity index (χ1v) is 13.2. The highest BCUT2D eigenvalue weighted by atomic mass is 32.2. The lowest BCUT2D eigenvalue weighted by Crippen LogP contribution is -2.41. The van der Waals surface area contributed by atoms with Crippen LogP contribution in [0.3, 0.4) is 0 Å². The van der Waals surface area contributed by atoms with E-state index in [1.54, 1.807) is 29.2 Å². The summed E-state index contributed by atoms with van der Waals surface area (Å²) >= 11 is 0. The maximum absolute atomic E-state index is 13.8. The van der Waals surface area contributed by atoms with E-state index in [0.29, 0.717) is 49.5 Å². The predicted molar refractivity (Wildman–Crippen MR) is 126 cm³/mol. The van der Waals surface area contributed by atoms with Gasteiger partial charge in [-0.3, -0.25) is 4.79 Å². The zero-order valence-corrected chi connectivity index (χ0v) is 20.2. The number of benzene rings is 2. The van der Waals surface area contributed by atoms with Gasteiger partial charge in [-0.25, -0.2) is 12.8 Å². The van der Waals surface area contributed by atoms with E-state index in [1.807, 2.05) is 6.92 Å². The van der Waals surface area contributed by atoms with Gasteiger partial charge in [-0.1, -0.05) is 25.1 Å². The molecule has 0 aromatic heterocycles. The number of ether oxygens (including phenoxy) is 2. The summed E-state index contributed by atoms with van der Waals surface area (Å²) < 4.78 is 53.0. The van der Waals surface area contributed by atoms with Crippen LogP contribution < -0.4 is 0 Å². The fourth-order valence-electron chi connectivity index (χ4n) is 4.44. The Morgan fingerprint density at radius 3 is 2.62 bits per heavy atom. The highest BCUT2D eigenvalue weighted by molar-refractivity contribution is 7.89. The molecular weight excluding hydrogens is 459 g/mol. The number of hydrogen-bond acceptors (Lipinski definition) is 5. The average molecular weight is 491 g/mol. The van der Waals surface area contributed by atoms with Gasteiger partial charge in [-0.05, 0) is 54.7 Å². The number of rotatable bonds is 8. The third kappa shape index (κ3) is 5.66. The Kier molecular flexibility index (Phi) is 7.98. The van der Waals surface area contributed by atoms with Crippen molar-refractivity contribution < 1.29 is 27.1 Å². The molecule has 2 aliphatic rings. The summed E-state index contributed by atoms with van der Waals surface area (Å²) in [4.78, 5) is 15.4. The standard InChI is InChI=1S/C25H31FN2O5S/c1-2-20-8-9-21(16-24(20)34(30,31)28-10-13-32-14-11-28)25(29)27(18-23-7-4-12-33-23)17-19-5-3-6-22(26)15-19/h3,5-6,8-9,15-16,23H,2,4,7,10-14,17-18H2,1H3. The lowest BCUT2D eigenvalue weighted by atomic mass is 10.1. The molecule has 0 N–H and O–H groups in total. The van der Waals surface area contributed by atoms with Gasteiger partial charge >= 0.3 is 0 Å². The highest BCUT2D eigenvalue weighted by Crippen LogP contribution is 2.25. The Morgan fingerprint density at radius 1 is 1.15 bits per heavy atom. The molecule has 1 amide bonds. The fraction of sp³-hybridized carbons (Fsp3) is 0.480. The molecule has 0 spiro atoms. The van der Waals surface area contributed by atoms with Crippen LogP contribution in [-0.4, -0.2) is 69.1 Å². The highest BCUT2D eigenvalue weighted by Gasteiger charge is 2.30. The van der Waals surface area contributed by atoms with E-state index in [0.717, 1.165) is 12.8 Å². The van der Waals surface area contributed by atoms with Crippen LogP contribution in [0.15, 0.2) is 47.4 Å². The molecule has 2 fully saturated rings. The van der Waals surface area contributed by atoms with Gasteiger partial charge in [0.2, 0.25) is 10.0 Å². The molecule has 9 heteroatoms. The van der Waals surface area contributed by atoms with Crippen LogP contribution >= 0.6 is 0 Å². The van der Waals surface area contributed by atoms with Crippen molar-refractivity contribution in [3.8, 4) is 0 Å². The molecule has 0 bridgehead atoms. The van der Waals surface area contributed by atoms with Gasteiger partial charge < -0.3 is 14.4 Å². The summed E-state index contributed by atoms with van der Waals surface area (Å²) in [5.74, 6) is -0.672. The van der Waals surface area contributed by atoms with E-state index < -0.39 is 10.0 Å². The first-order chi connectivity index (χ1) is 16.4. The van der Waals surface area contributed by atoms with Crippen molar-refractivity contribution in [1.29, 1.82) is 0 Å². The molecule has 2 saturated heterocycles. The monoisotopic (exact) mass is 490 g/mol. The van der Waals surface area contributed by atoms with Crippen LogP contribution in [0.5, 0.6) is 0 Å². The third-order valence-corrected chi connectivity index (χ3v) is 8.26. The number of nitrogens with zero attached hydrogens (tertiary/aromatic N) is 2. The van der Waals surface area contributed by atoms with Crippen LogP contribution in [0.4, 0.5) is 4.39 Å². The molecule has 0 aliphatic carbocycles. The lowest BCUT2D eigenvalue weighted by Gasteiger charge is -2.28. The normalized spacial score (nSPS) is 19.3. The van der Waals surface area contributed by atoms with E-state index in [-0.39, 0.29) is 42.4 Å². The minimum Gasteiger partial charge on any atom is -0.379 e. The molecule has 1 atom stereocenters. The average Bonchev–Trinajstić information content (AvgIpc) is 3.36. The minimum absolute atomic E-state index is 0.0935. The first-order valence-electron chi connectivity index (χ1n) is 11.7. The number of carbonyl (C=O) groups excluding carboxylic acids is 1. The molecule has 7 nitrogen and oxygen atoms in total. The molecule has 34 heavy (non-hydrogen) atoms. The predicted octanol–water partition coefficient (Wildman–Crippen LogP) is 3.23. The van der Waals surface area contributed by atoms with Gasteiger partial charge in [0.25, 0.3) is 5.91 Å². The summed E-state index contributed by atoms with van der Waals surface area (Å²) in [6, 6.07) is 11.0. The second-order valence-corrected chi connectivity index (χ2v) is 10.5. The smallest absolute Gasteiger partial charge is 0.254 e. The summed E-state index contributed by atoms with van der Waals surface area (Å²) in [7, 11) is -3.77. The summed E-state index contributed by atoms with van der Waals surface area (Å²) in [6.07, 6.45) is 2.21. The van der Waals surface area contributed by atoms with Crippen LogP contribution in [0.1, 0.15) is 41.3 Å². The lowest BCUT2D eigenvalue weighted by molar-refractivity contribution is 0.0507. The van der Waals surface area contributed by atoms with Crippen molar-refractivity contribution in [2.45, 2.75) is 43.7 Å². The van der Waals surface area contributed by atoms with Gasteiger partial charge in [-0.15, -0.1) is 0 Å². The van der Waals surface area contributed by atoms with Crippen molar-refractivity contribution in [2.24, 2.45) is 0 Å². The van der Waals surface area contributed by atoms with E-state index in [2.05, 4.69) is 0 Å². The Bertz CT molecular complexity index is 1110. The van der Waals surface area contributed by atoms with Crippen LogP contribution in [0.25, 0.3) is 0 Å². The van der Waals surface area contributed by atoms with Crippen molar-refractivity contribution in [3.05, 3.63) is 65.0 Å². The topological polar surface area (TPSA) is 76.2 Å². The van der Waals surface area contributed by atoms with Crippen molar-refractivity contribution in [3.63, 3.8) is 0 Å². The maximum Gasteiger partial charge on any atom is 0.254 e. The Morgan fingerprint density at radius 2 is 1.94 bits per heavy atom. The molecule has 2 heterocycles. The van der Waals surface area contributed by atoms with E-state index in [1.165, 1.54) is 22.5 Å². The number of morpholine rings is 1. The summed E-state index contributed by atoms with van der Waals surface area (Å²) in [5.41, 5.74) is 1.62. The van der Waals surface area contributed by atoms with Crippen LogP contribution in [-0.2, 0) is 32.5 Å². The molecule has 0 saturated carbocycles. The van der Waals surface area contributed by atoms with Crippen molar-refractivity contribution in [1.82, 2.24) is 9.21 Å². The Balaban J connectivity index is 1.65. The van der Waals surface area contributed by atoms with Gasteiger partial charge in [0.1, 0.15) is 5.82 Å². The van der Waals surface area contributed by atoms with Crippen LogP contribution in [0.2, 0.25) is 0 Å². The Labute approximate surface area is 200 Å². The van der Waals surface area contributed by atoms with E-state index in [4.69, 9.17) is 9.47 Å². The minimum atomic E-state index is -3.77. The SMILES string of the molecule is CCc1ccc(C(=O)N(Cc2cccc(F)c2)CC2CCCO2)cc1S(=O)(=O)N1CCOCC1. The zero-order chi connectivity index (χ0) is 24.1. The maximum atomic E-state index is 13.8. The summed E-state index contributed by atoms with van der Waals surface area (Å²) in [5, 5.41) is 0. The quantitative estimate of drug-likeness (QED) is 0.568. The van der Waals surface area contributed by atoms with E-state index in [9.17, 15) is 17.6 Å². The zero-order valence-electron chi connectivity index (χ0n) is 19.4. The third-order valence-electron chi connectivity index (χ3n) is 6.28. The Hall–Kier alpha value is -2.33. The number of amides is 1. The first kappa shape index (κ1) is 24.8. The second-order valence-electron chi connectivity index (χ2n) is 8.64. The number of halogens is 1. The molecule has 1 unspecified atom stereocenters.